The van der Waals surface area contributed by atoms with E-state index in [9.17, 15) is 8.42 Å². The molecule has 1 N–H and O–H groups in total. The van der Waals surface area contributed by atoms with Crippen LogP contribution in [0.1, 0.15) is 11.3 Å². The predicted molar refractivity (Wildman–Crippen MR) is 68.9 cm³/mol. The Morgan fingerprint density at radius 3 is 2.72 bits per heavy atom. The van der Waals surface area contributed by atoms with Crippen LogP contribution in [0.5, 0.6) is 0 Å². The van der Waals surface area contributed by atoms with Crippen LogP contribution in [0.15, 0.2) is 45.9 Å². The van der Waals surface area contributed by atoms with Gasteiger partial charge in [-0.3, -0.25) is 0 Å². The predicted octanol–water partition coefficient (Wildman–Crippen LogP) is 2.72. The van der Waals surface area contributed by atoms with Crippen molar-refractivity contribution in [1.29, 1.82) is 0 Å². The normalized spacial score (nSPS) is 11.7. The van der Waals surface area contributed by atoms with Crippen LogP contribution in [0.4, 0.5) is 0 Å². The van der Waals surface area contributed by atoms with Crippen molar-refractivity contribution in [1.82, 2.24) is 4.72 Å². The standard InChI is InChI=1S/C12H12ClNO3S/c1-9-11(13)5-2-6-12(9)18(15,16)14-8-10-4-3-7-17-10/h2-7,14H,8H2,1H3. The second-order valence-corrected chi connectivity index (χ2v) is 5.91. The van der Waals surface area contributed by atoms with E-state index in [1.54, 1.807) is 31.2 Å². The first-order chi connectivity index (χ1) is 8.50. The smallest absolute Gasteiger partial charge is 0.241 e. The lowest BCUT2D eigenvalue weighted by atomic mass is 10.2. The molecule has 0 saturated heterocycles. The van der Waals surface area contributed by atoms with Crippen molar-refractivity contribution in [2.45, 2.75) is 18.4 Å². The lowest BCUT2D eigenvalue weighted by molar-refractivity contribution is 0.498. The van der Waals surface area contributed by atoms with Gasteiger partial charge in [0.15, 0.2) is 0 Å². The number of hydrogen-bond donors (Lipinski definition) is 1. The molecule has 0 spiro atoms. The molecule has 1 aromatic heterocycles. The van der Waals surface area contributed by atoms with Gasteiger partial charge in [0, 0.05) is 5.02 Å². The minimum absolute atomic E-state index is 0.112. The van der Waals surface area contributed by atoms with Crippen LogP contribution in [-0.2, 0) is 16.6 Å². The fourth-order valence-corrected chi connectivity index (χ4v) is 3.02. The molecule has 0 saturated carbocycles. The quantitative estimate of drug-likeness (QED) is 0.939. The van der Waals surface area contributed by atoms with Crippen molar-refractivity contribution in [2.24, 2.45) is 0 Å². The first-order valence-electron chi connectivity index (χ1n) is 5.28. The average molecular weight is 286 g/mol. The van der Waals surface area contributed by atoms with Gasteiger partial charge in [0.2, 0.25) is 10.0 Å². The maximum absolute atomic E-state index is 12.1. The Morgan fingerprint density at radius 1 is 1.28 bits per heavy atom. The summed E-state index contributed by atoms with van der Waals surface area (Å²) in [5, 5.41) is 0.427. The Kier molecular flexibility index (Phi) is 3.75. The lowest BCUT2D eigenvalue weighted by Gasteiger charge is -2.09. The van der Waals surface area contributed by atoms with Gasteiger partial charge in [0.25, 0.3) is 0 Å². The number of hydrogen-bond acceptors (Lipinski definition) is 3. The third-order valence-corrected chi connectivity index (χ3v) is 4.48. The Morgan fingerprint density at radius 2 is 2.06 bits per heavy atom. The molecule has 0 aliphatic rings. The molecule has 1 heterocycles. The molecule has 0 aliphatic heterocycles. The van der Waals surface area contributed by atoms with Crippen molar-refractivity contribution in [3.8, 4) is 0 Å². The number of nitrogens with one attached hydrogen (secondary N) is 1. The number of benzene rings is 1. The third-order valence-electron chi connectivity index (χ3n) is 2.52. The highest BCUT2D eigenvalue weighted by Crippen LogP contribution is 2.22. The second kappa shape index (κ2) is 5.14. The molecule has 0 atom stereocenters. The highest BCUT2D eigenvalue weighted by atomic mass is 35.5. The van der Waals surface area contributed by atoms with Crippen LogP contribution in [0.3, 0.4) is 0 Å². The highest BCUT2D eigenvalue weighted by molar-refractivity contribution is 7.89. The van der Waals surface area contributed by atoms with Gasteiger partial charge >= 0.3 is 0 Å². The highest BCUT2D eigenvalue weighted by Gasteiger charge is 2.18. The summed E-state index contributed by atoms with van der Waals surface area (Å²) in [7, 11) is -3.58. The molecule has 1 aromatic carbocycles. The summed E-state index contributed by atoms with van der Waals surface area (Å²) in [6.07, 6.45) is 1.49. The first kappa shape index (κ1) is 13.1. The maximum Gasteiger partial charge on any atom is 0.241 e. The van der Waals surface area contributed by atoms with Crippen LogP contribution in [-0.4, -0.2) is 8.42 Å². The van der Waals surface area contributed by atoms with E-state index in [1.807, 2.05) is 0 Å². The largest absolute Gasteiger partial charge is 0.468 e. The molecule has 6 heteroatoms. The summed E-state index contributed by atoms with van der Waals surface area (Å²) in [5.41, 5.74) is 0.533. The number of sulfonamides is 1. The first-order valence-corrected chi connectivity index (χ1v) is 7.14. The average Bonchev–Trinajstić information content (AvgIpc) is 2.83. The summed E-state index contributed by atoms with van der Waals surface area (Å²) in [5.74, 6) is 0.554. The Balaban J connectivity index is 2.23. The van der Waals surface area contributed by atoms with Gasteiger partial charge in [-0.25, -0.2) is 13.1 Å². The number of furan rings is 1. The van der Waals surface area contributed by atoms with Gasteiger partial charge in [0.05, 0.1) is 17.7 Å². The lowest BCUT2D eigenvalue weighted by Crippen LogP contribution is -2.23. The molecule has 2 rings (SSSR count). The maximum atomic E-state index is 12.1. The van der Waals surface area contributed by atoms with Gasteiger partial charge in [-0.05, 0) is 36.8 Å². The zero-order chi connectivity index (χ0) is 13.2. The summed E-state index contributed by atoms with van der Waals surface area (Å²) in [6.45, 7) is 1.78. The van der Waals surface area contributed by atoms with E-state index in [-0.39, 0.29) is 11.4 Å². The summed E-state index contributed by atoms with van der Waals surface area (Å²) in [6, 6.07) is 8.19. The van der Waals surface area contributed by atoms with E-state index < -0.39 is 10.0 Å². The summed E-state index contributed by atoms with van der Waals surface area (Å²) < 4.78 is 31.7. The SMILES string of the molecule is Cc1c(Cl)cccc1S(=O)(=O)NCc1ccco1. The molecule has 96 valence electrons. The second-order valence-electron chi connectivity index (χ2n) is 3.77. The molecule has 0 fully saturated rings. The number of halogens is 1. The molecule has 0 aliphatic carbocycles. The van der Waals surface area contributed by atoms with Crippen LogP contribution in [0.2, 0.25) is 5.02 Å². The van der Waals surface area contributed by atoms with Gasteiger partial charge in [-0.1, -0.05) is 17.7 Å². The van der Waals surface area contributed by atoms with Crippen molar-refractivity contribution < 1.29 is 12.8 Å². The Labute approximate surface area is 111 Å². The van der Waals surface area contributed by atoms with Crippen molar-refractivity contribution in [3.05, 3.63) is 52.9 Å². The van der Waals surface area contributed by atoms with Crippen LogP contribution in [0, 0.1) is 6.92 Å². The molecule has 0 amide bonds. The van der Waals surface area contributed by atoms with Crippen molar-refractivity contribution in [2.75, 3.05) is 0 Å². The minimum atomic E-state index is -3.58. The molecule has 2 aromatic rings. The fraction of sp³-hybridized carbons (Fsp3) is 0.167. The van der Waals surface area contributed by atoms with E-state index >= 15 is 0 Å². The molecular weight excluding hydrogens is 274 g/mol. The Hall–Kier alpha value is -1.30. The third kappa shape index (κ3) is 2.75. The topological polar surface area (TPSA) is 59.3 Å². The number of rotatable bonds is 4. The van der Waals surface area contributed by atoms with Gasteiger partial charge in [0.1, 0.15) is 5.76 Å². The van der Waals surface area contributed by atoms with Crippen molar-refractivity contribution in [3.63, 3.8) is 0 Å². The van der Waals surface area contributed by atoms with Crippen molar-refractivity contribution >= 4 is 21.6 Å². The molecule has 0 bridgehead atoms. The Bertz CT molecular complexity index is 635. The zero-order valence-corrected chi connectivity index (χ0v) is 11.3. The van der Waals surface area contributed by atoms with Gasteiger partial charge in [-0.2, -0.15) is 0 Å². The van der Waals surface area contributed by atoms with E-state index in [4.69, 9.17) is 16.0 Å². The van der Waals surface area contributed by atoms with E-state index in [2.05, 4.69) is 4.72 Å². The van der Waals surface area contributed by atoms with Gasteiger partial charge < -0.3 is 4.42 Å². The molecular formula is C12H12ClNO3S. The summed E-state index contributed by atoms with van der Waals surface area (Å²) in [4.78, 5) is 0.182. The summed E-state index contributed by atoms with van der Waals surface area (Å²) >= 11 is 5.91. The van der Waals surface area contributed by atoms with Gasteiger partial charge in [-0.15, -0.1) is 0 Å². The molecule has 0 unspecified atom stereocenters. The van der Waals surface area contributed by atoms with E-state index in [1.165, 1.54) is 12.3 Å². The van der Waals surface area contributed by atoms with Crippen LogP contribution >= 0.6 is 11.6 Å². The van der Waals surface area contributed by atoms with Crippen LogP contribution in [0.25, 0.3) is 0 Å². The minimum Gasteiger partial charge on any atom is -0.468 e. The molecule has 0 radical (unpaired) electrons. The van der Waals surface area contributed by atoms with E-state index in [0.717, 1.165) is 0 Å². The van der Waals surface area contributed by atoms with E-state index in [0.29, 0.717) is 16.3 Å². The fourth-order valence-electron chi connectivity index (χ4n) is 1.54. The zero-order valence-electron chi connectivity index (χ0n) is 9.68. The van der Waals surface area contributed by atoms with Crippen LogP contribution < -0.4 is 4.72 Å². The monoisotopic (exact) mass is 285 g/mol. The molecule has 18 heavy (non-hydrogen) atoms. The molecule has 4 nitrogen and oxygen atoms in total.